The molecule has 0 aromatic heterocycles. The molecule has 0 saturated carbocycles. The van der Waals surface area contributed by atoms with Crippen molar-refractivity contribution in [1.82, 2.24) is 0 Å². The molecule has 1 aliphatic rings. The Morgan fingerprint density at radius 2 is 2.00 bits per heavy atom. The van der Waals surface area contributed by atoms with Gasteiger partial charge in [0.05, 0.1) is 0 Å². The van der Waals surface area contributed by atoms with E-state index < -0.39 is 0 Å². The summed E-state index contributed by atoms with van der Waals surface area (Å²) in [6, 6.07) is 8.66. The molecule has 0 heterocycles. The number of rotatable bonds is 0. The molecule has 0 bridgehead atoms. The van der Waals surface area contributed by atoms with E-state index in [1.54, 1.807) is 28.0 Å². The summed E-state index contributed by atoms with van der Waals surface area (Å²) >= 11 is 1.55. The van der Waals surface area contributed by atoms with Gasteiger partial charge in [-0.25, -0.2) is 0 Å². The number of allylic oxidation sites excluding steroid dienone is 1. The van der Waals surface area contributed by atoms with Gasteiger partial charge in [-0.1, -0.05) is 0 Å². The van der Waals surface area contributed by atoms with Gasteiger partial charge in [-0.3, -0.25) is 0 Å². The normalized spacial score (nSPS) is 21.1. The van der Waals surface area contributed by atoms with Gasteiger partial charge in [-0.2, -0.15) is 0 Å². The first-order valence-corrected chi connectivity index (χ1v) is 5.04. The van der Waals surface area contributed by atoms with Gasteiger partial charge in [0.1, 0.15) is 0 Å². The number of benzene rings is 1. The van der Waals surface area contributed by atoms with Crippen LogP contribution in [-0.2, 0) is 24.7 Å². The van der Waals surface area contributed by atoms with Crippen molar-refractivity contribution < 1.29 is 24.7 Å². The molecule has 1 unspecified atom stereocenters. The summed E-state index contributed by atoms with van der Waals surface area (Å²) in [5, 5.41) is 0. The second-order valence-corrected chi connectivity index (χ2v) is 4.37. The molecular weight excluding hydrogens is 211 g/mol. The molecule has 0 fully saturated rings. The van der Waals surface area contributed by atoms with Gasteiger partial charge in [-0.05, 0) is 0 Å². The first kappa shape index (κ1) is 7.49. The van der Waals surface area contributed by atoms with E-state index in [-0.39, 0.29) is 0 Å². The van der Waals surface area contributed by atoms with Crippen molar-refractivity contribution in [3.05, 3.63) is 38.7 Å². The van der Waals surface area contributed by atoms with Gasteiger partial charge < -0.3 is 0 Å². The molecule has 1 atom stereocenters. The second-order valence-electron chi connectivity index (χ2n) is 2.95. The van der Waals surface area contributed by atoms with Gasteiger partial charge in [-0.15, -0.1) is 0 Å². The van der Waals surface area contributed by atoms with Crippen LogP contribution in [0.15, 0.2) is 27.5 Å². The Balaban J connectivity index is 2.58. The fraction of sp³-hybridized carbons (Fsp3) is 0.200. The number of fused-ring (bicyclic) bond motifs is 1. The maximum absolute atomic E-state index is 2.32. The van der Waals surface area contributed by atoms with Crippen LogP contribution in [0.1, 0.15) is 24.0 Å². The van der Waals surface area contributed by atoms with E-state index >= 15 is 0 Å². The van der Waals surface area contributed by atoms with E-state index in [2.05, 4.69) is 37.3 Å². The molecular formula is C10H9Zr. The van der Waals surface area contributed by atoms with Crippen molar-refractivity contribution in [2.45, 2.75) is 12.8 Å². The van der Waals surface area contributed by atoms with Crippen molar-refractivity contribution >= 4 is 6.08 Å². The fourth-order valence-electron chi connectivity index (χ4n) is 1.50. The quantitative estimate of drug-likeness (QED) is 0.630. The van der Waals surface area contributed by atoms with Crippen molar-refractivity contribution in [3.8, 4) is 0 Å². The van der Waals surface area contributed by atoms with Crippen LogP contribution in [-0.4, -0.2) is 0 Å². The van der Waals surface area contributed by atoms with E-state index in [0.717, 1.165) is 0 Å². The van der Waals surface area contributed by atoms with Crippen molar-refractivity contribution in [1.29, 1.82) is 0 Å². The number of hydrogen-bond donors (Lipinski definition) is 0. The summed E-state index contributed by atoms with van der Waals surface area (Å²) in [4.78, 5) is 0. The Hall–Kier alpha value is -0.157. The van der Waals surface area contributed by atoms with Crippen molar-refractivity contribution in [3.63, 3.8) is 0 Å². The van der Waals surface area contributed by atoms with Gasteiger partial charge in [0.15, 0.2) is 0 Å². The van der Waals surface area contributed by atoms with Gasteiger partial charge in [0.25, 0.3) is 0 Å². The molecule has 1 aliphatic carbocycles. The minimum atomic E-state index is 0.671. The zero-order valence-corrected chi connectivity index (χ0v) is 8.92. The van der Waals surface area contributed by atoms with Crippen LogP contribution in [0.2, 0.25) is 0 Å². The molecule has 1 aromatic rings. The van der Waals surface area contributed by atoms with E-state index in [0.29, 0.717) is 5.92 Å². The monoisotopic (exact) mass is 219 g/mol. The first-order chi connectivity index (χ1) is 5.29. The Labute approximate surface area is 82.2 Å². The molecule has 2 rings (SSSR count). The Morgan fingerprint density at radius 1 is 1.27 bits per heavy atom. The summed E-state index contributed by atoms with van der Waals surface area (Å²) in [5.41, 5.74) is 2.92. The van der Waals surface area contributed by atoms with E-state index in [1.807, 2.05) is 0 Å². The van der Waals surface area contributed by atoms with Gasteiger partial charge in [0, 0.05) is 0 Å². The maximum atomic E-state index is 2.32. The summed E-state index contributed by atoms with van der Waals surface area (Å²) in [6.45, 7) is 2.28. The Bertz CT molecular complexity index is 312. The first-order valence-electron chi connectivity index (χ1n) is 3.81. The van der Waals surface area contributed by atoms with Crippen LogP contribution in [0.5, 0.6) is 0 Å². The number of hydrogen-bond acceptors (Lipinski definition) is 0. The van der Waals surface area contributed by atoms with Crippen LogP contribution in [0, 0.1) is 0 Å². The predicted molar refractivity (Wildman–Crippen MR) is 42.8 cm³/mol. The zero-order chi connectivity index (χ0) is 7.84. The standard InChI is InChI=1S/C10H9.Zr/c1-8-6-7-9-4-2-3-5-10(8)9;/h2-5,7-8H,1H3;. The molecule has 1 heteroatoms. The summed E-state index contributed by atoms with van der Waals surface area (Å²) in [6.07, 6.45) is 2.32. The Kier molecular flexibility index (Phi) is 1.85. The molecule has 0 N–H and O–H groups in total. The van der Waals surface area contributed by atoms with Gasteiger partial charge >= 0.3 is 82.3 Å². The van der Waals surface area contributed by atoms with Crippen molar-refractivity contribution in [2.75, 3.05) is 0 Å². The average Bonchev–Trinajstić information content (AvgIpc) is 2.30. The molecule has 53 valence electrons. The molecule has 0 spiro atoms. The van der Waals surface area contributed by atoms with Crippen molar-refractivity contribution in [2.24, 2.45) is 0 Å². The van der Waals surface area contributed by atoms with Crippen LogP contribution in [0.25, 0.3) is 6.08 Å². The van der Waals surface area contributed by atoms with Crippen LogP contribution >= 0.6 is 0 Å². The molecule has 0 saturated heterocycles. The van der Waals surface area contributed by atoms with E-state index in [9.17, 15) is 0 Å². The third-order valence-electron chi connectivity index (χ3n) is 2.24. The molecule has 0 amide bonds. The summed E-state index contributed by atoms with van der Waals surface area (Å²) in [5.74, 6) is 0.671. The molecule has 0 nitrogen and oxygen atoms in total. The van der Waals surface area contributed by atoms with E-state index in [1.165, 1.54) is 11.1 Å². The van der Waals surface area contributed by atoms with E-state index in [4.69, 9.17) is 0 Å². The molecule has 1 aromatic carbocycles. The SMILES string of the molecule is CC1[C]([Zr])=Cc2ccccc21. The third kappa shape index (κ3) is 1.16. The third-order valence-corrected chi connectivity index (χ3v) is 3.66. The average molecular weight is 220 g/mol. The topological polar surface area (TPSA) is 0 Å². The molecule has 0 aliphatic heterocycles. The van der Waals surface area contributed by atoms with Crippen LogP contribution in [0.3, 0.4) is 0 Å². The van der Waals surface area contributed by atoms with Crippen LogP contribution < -0.4 is 0 Å². The second kappa shape index (κ2) is 2.71. The summed E-state index contributed by atoms with van der Waals surface area (Å²) < 4.78 is 1.57. The summed E-state index contributed by atoms with van der Waals surface area (Å²) in [7, 11) is 0. The van der Waals surface area contributed by atoms with Crippen LogP contribution in [0.4, 0.5) is 0 Å². The molecule has 0 radical (unpaired) electrons. The Morgan fingerprint density at radius 3 is 2.73 bits per heavy atom. The predicted octanol–water partition coefficient (Wildman–Crippen LogP) is 2.69. The minimum absolute atomic E-state index is 0.671. The van der Waals surface area contributed by atoms with Gasteiger partial charge in [0.2, 0.25) is 0 Å². The molecule has 11 heavy (non-hydrogen) atoms. The zero-order valence-electron chi connectivity index (χ0n) is 6.46. The fourth-order valence-corrected chi connectivity index (χ4v) is 2.26.